The second-order valence-electron chi connectivity index (χ2n) is 8.01. The Morgan fingerprint density at radius 1 is 1.03 bits per heavy atom. The van der Waals surface area contributed by atoms with Crippen LogP contribution >= 0.6 is 11.3 Å². The third kappa shape index (κ3) is 6.13. The Bertz CT molecular complexity index is 1340. The van der Waals surface area contributed by atoms with Crippen molar-refractivity contribution in [2.45, 2.75) is 26.7 Å². The molecule has 0 aliphatic carbocycles. The van der Waals surface area contributed by atoms with E-state index in [1.54, 1.807) is 18.4 Å². The summed E-state index contributed by atoms with van der Waals surface area (Å²) in [5, 5.41) is 12.4. The highest BCUT2D eigenvalue weighted by Gasteiger charge is 2.14. The van der Waals surface area contributed by atoms with Gasteiger partial charge in [0.25, 0.3) is 0 Å². The number of thiophene rings is 1. The summed E-state index contributed by atoms with van der Waals surface area (Å²) in [6, 6.07) is 19.4. The van der Waals surface area contributed by atoms with Gasteiger partial charge in [0.2, 0.25) is 0 Å². The SMILES string of the molecule is CCc1c(C)nc(-c2ccc(C=Cc3ccc(OC)cc3)s2)nc1Nc1ccc(CC(=O)O)cc1. The Morgan fingerprint density at radius 2 is 1.77 bits per heavy atom. The lowest BCUT2D eigenvalue weighted by molar-refractivity contribution is -0.136. The van der Waals surface area contributed by atoms with Crippen LogP contribution in [0.3, 0.4) is 0 Å². The number of aryl methyl sites for hydroxylation is 1. The van der Waals surface area contributed by atoms with Crippen LogP contribution in [0.25, 0.3) is 22.9 Å². The van der Waals surface area contributed by atoms with E-state index >= 15 is 0 Å². The molecule has 0 radical (unpaired) electrons. The van der Waals surface area contributed by atoms with Crippen LogP contribution in [0.2, 0.25) is 0 Å². The average molecular weight is 486 g/mol. The zero-order chi connectivity index (χ0) is 24.8. The number of hydrogen-bond donors (Lipinski definition) is 2. The number of aliphatic carboxylic acids is 1. The van der Waals surface area contributed by atoms with Crippen LogP contribution in [0.4, 0.5) is 11.5 Å². The highest BCUT2D eigenvalue weighted by molar-refractivity contribution is 7.16. The van der Waals surface area contributed by atoms with Gasteiger partial charge in [0.05, 0.1) is 18.4 Å². The summed E-state index contributed by atoms with van der Waals surface area (Å²) in [6.45, 7) is 4.09. The first-order chi connectivity index (χ1) is 16.9. The minimum Gasteiger partial charge on any atom is -0.497 e. The summed E-state index contributed by atoms with van der Waals surface area (Å²) in [7, 11) is 1.66. The number of carboxylic acids is 1. The highest BCUT2D eigenvalue weighted by atomic mass is 32.1. The highest BCUT2D eigenvalue weighted by Crippen LogP contribution is 2.31. The molecule has 178 valence electrons. The first kappa shape index (κ1) is 24.2. The number of rotatable bonds is 9. The number of anilines is 2. The van der Waals surface area contributed by atoms with Crippen molar-refractivity contribution in [2.24, 2.45) is 0 Å². The monoisotopic (exact) mass is 485 g/mol. The summed E-state index contributed by atoms with van der Waals surface area (Å²) in [4.78, 5) is 22.7. The normalized spacial score (nSPS) is 11.1. The number of hydrogen-bond acceptors (Lipinski definition) is 6. The molecule has 0 saturated carbocycles. The van der Waals surface area contributed by atoms with Gasteiger partial charge in [0.15, 0.2) is 5.82 Å². The van der Waals surface area contributed by atoms with Gasteiger partial charge >= 0.3 is 5.97 Å². The molecule has 0 fully saturated rings. The third-order valence-corrected chi connectivity index (χ3v) is 6.59. The fraction of sp³-hybridized carbons (Fsp3) is 0.179. The molecule has 2 N–H and O–H groups in total. The number of nitrogens with one attached hydrogen (secondary N) is 1. The largest absolute Gasteiger partial charge is 0.497 e. The van der Waals surface area contributed by atoms with Crippen molar-refractivity contribution in [3.8, 4) is 16.5 Å². The van der Waals surface area contributed by atoms with E-state index in [1.165, 1.54) is 0 Å². The lowest BCUT2D eigenvalue weighted by Gasteiger charge is -2.14. The average Bonchev–Trinajstić information content (AvgIpc) is 3.33. The van der Waals surface area contributed by atoms with Crippen molar-refractivity contribution in [1.29, 1.82) is 0 Å². The van der Waals surface area contributed by atoms with Crippen molar-refractivity contribution in [1.82, 2.24) is 9.97 Å². The van der Waals surface area contributed by atoms with Gasteiger partial charge in [-0.25, -0.2) is 9.97 Å². The number of ether oxygens (including phenoxy) is 1. The minimum atomic E-state index is -0.843. The molecule has 4 aromatic rings. The van der Waals surface area contributed by atoms with Gasteiger partial charge in [0.1, 0.15) is 11.6 Å². The molecule has 0 aliphatic rings. The Labute approximate surface area is 209 Å². The van der Waals surface area contributed by atoms with Gasteiger partial charge in [-0.1, -0.05) is 37.3 Å². The van der Waals surface area contributed by atoms with Crippen molar-refractivity contribution in [3.05, 3.63) is 87.9 Å². The maximum absolute atomic E-state index is 10.9. The maximum Gasteiger partial charge on any atom is 0.307 e. The van der Waals surface area contributed by atoms with Gasteiger partial charge in [-0.3, -0.25) is 4.79 Å². The van der Waals surface area contributed by atoms with Gasteiger partial charge in [-0.05, 0) is 66.9 Å². The third-order valence-electron chi connectivity index (χ3n) is 5.54. The van der Waals surface area contributed by atoms with Crippen LogP contribution in [-0.2, 0) is 17.6 Å². The fourth-order valence-electron chi connectivity index (χ4n) is 3.71. The fourth-order valence-corrected chi connectivity index (χ4v) is 4.55. The van der Waals surface area contributed by atoms with Crippen LogP contribution in [0.15, 0.2) is 60.7 Å². The van der Waals surface area contributed by atoms with E-state index in [0.29, 0.717) is 5.82 Å². The summed E-state index contributed by atoms with van der Waals surface area (Å²) in [5.41, 5.74) is 4.70. The van der Waals surface area contributed by atoms with Crippen LogP contribution in [0.5, 0.6) is 5.75 Å². The van der Waals surface area contributed by atoms with E-state index in [1.807, 2.05) is 61.5 Å². The van der Waals surface area contributed by atoms with E-state index in [9.17, 15) is 4.79 Å². The summed E-state index contributed by atoms with van der Waals surface area (Å²) in [6.07, 6.45) is 4.96. The lowest BCUT2D eigenvalue weighted by Crippen LogP contribution is -2.05. The molecular weight excluding hydrogens is 458 g/mol. The van der Waals surface area contributed by atoms with Gasteiger partial charge in [-0.2, -0.15) is 0 Å². The predicted molar refractivity (Wildman–Crippen MR) is 142 cm³/mol. The minimum absolute atomic E-state index is 0.00484. The number of nitrogens with zero attached hydrogens (tertiary/aromatic N) is 2. The zero-order valence-electron chi connectivity index (χ0n) is 19.9. The molecule has 0 unspecified atom stereocenters. The molecule has 0 bridgehead atoms. The van der Waals surface area contributed by atoms with Crippen LogP contribution in [-0.4, -0.2) is 28.2 Å². The molecule has 0 atom stereocenters. The predicted octanol–water partition coefficient (Wildman–Crippen LogP) is 6.63. The summed E-state index contributed by atoms with van der Waals surface area (Å²) < 4.78 is 5.21. The van der Waals surface area contributed by atoms with E-state index in [2.05, 4.69) is 30.5 Å². The maximum atomic E-state index is 10.9. The molecule has 0 spiro atoms. The molecule has 2 heterocycles. The number of carbonyl (C=O) groups is 1. The number of carboxylic acid groups (broad SMARTS) is 1. The lowest BCUT2D eigenvalue weighted by atomic mass is 10.1. The molecule has 4 rings (SSSR count). The molecule has 0 saturated heterocycles. The smallest absolute Gasteiger partial charge is 0.307 e. The Hall–Kier alpha value is -3.97. The van der Waals surface area contributed by atoms with Gasteiger partial charge < -0.3 is 15.2 Å². The standard InChI is InChI=1S/C28H27N3O3S/c1-4-24-18(2)29-28(31-27(24)30-21-10-5-20(6-11-21)17-26(32)33)25-16-15-23(35-25)14-9-19-7-12-22(34-3)13-8-19/h5-16H,4,17H2,1-3H3,(H,32,33)(H,29,30,31). The molecular formula is C28H27N3O3S. The van der Waals surface area contributed by atoms with Crippen LogP contribution in [0, 0.1) is 6.92 Å². The topological polar surface area (TPSA) is 84.3 Å². The molecule has 7 heteroatoms. The van der Waals surface area contributed by atoms with E-state index in [4.69, 9.17) is 19.8 Å². The number of methoxy groups -OCH3 is 1. The van der Waals surface area contributed by atoms with E-state index < -0.39 is 5.97 Å². The molecule has 35 heavy (non-hydrogen) atoms. The van der Waals surface area contributed by atoms with Gasteiger partial charge in [-0.15, -0.1) is 11.3 Å². The first-order valence-corrected chi connectivity index (χ1v) is 12.1. The zero-order valence-corrected chi connectivity index (χ0v) is 20.7. The number of aromatic nitrogens is 2. The van der Waals surface area contributed by atoms with Crippen molar-refractivity contribution >= 4 is 41.0 Å². The molecule has 2 aromatic heterocycles. The summed E-state index contributed by atoms with van der Waals surface area (Å²) >= 11 is 1.64. The molecule has 0 amide bonds. The van der Waals surface area contributed by atoms with Crippen LogP contribution < -0.4 is 10.1 Å². The second kappa shape index (κ2) is 11.0. The van der Waals surface area contributed by atoms with E-state index in [-0.39, 0.29) is 6.42 Å². The molecule has 2 aromatic carbocycles. The van der Waals surface area contributed by atoms with Crippen molar-refractivity contribution < 1.29 is 14.6 Å². The van der Waals surface area contributed by atoms with Gasteiger partial charge in [0, 0.05) is 21.8 Å². The molecule has 6 nitrogen and oxygen atoms in total. The first-order valence-electron chi connectivity index (χ1n) is 11.3. The Kier molecular flexibility index (Phi) is 7.57. The van der Waals surface area contributed by atoms with Crippen LogP contribution in [0.1, 0.15) is 34.2 Å². The number of benzene rings is 2. The van der Waals surface area contributed by atoms with Crippen molar-refractivity contribution in [2.75, 3.05) is 12.4 Å². The van der Waals surface area contributed by atoms with Crippen molar-refractivity contribution in [3.63, 3.8) is 0 Å². The van der Waals surface area contributed by atoms with E-state index in [0.717, 1.165) is 55.8 Å². The Balaban J connectivity index is 1.56. The quantitative estimate of drug-likeness (QED) is 0.277. The second-order valence-corrected chi connectivity index (χ2v) is 9.13. The molecule has 0 aliphatic heterocycles. The summed E-state index contributed by atoms with van der Waals surface area (Å²) in [5.74, 6) is 1.44. The Morgan fingerprint density at radius 3 is 2.43 bits per heavy atom.